The van der Waals surface area contributed by atoms with Crippen molar-refractivity contribution in [2.45, 2.75) is 18.7 Å². The number of benzene rings is 1. The number of rotatable bonds is 3. The summed E-state index contributed by atoms with van der Waals surface area (Å²) >= 11 is 0. The lowest BCUT2D eigenvalue weighted by Gasteiger charge is -2.05. The van der Waals surface area contributed by atoms with Crippen molar-refractivity contribution in [3.8, 4) is 0 Å². The second kappa shape index (κ2) is 4.49. The van der Waals surface area contributed by atoms with Crippen LogP contribution in [0.3, 0.4) is 0 Å². The van der Waals surface area contributed by atoms with E-state index in [1.165, 1.54) is 19.1 Å². The van der Waals surface area contributed by atoms with Crippen LogP contribution in [-0.4, -0.2) is 14.4 Å². The molecule has 0 unspecified atom stereocenters. The highest BCUT2D eigenvalue weighted by molar-refractivity contribution is 7.87. The summed E-state index contributed by atoms with van der Waals surface area (Å²) in [5.41, 5.74) is 0.959. The summed E-state index contributed by atoms with van der Waals surface area (Å²) < 4.78 is 27.5. The predicted molar refractivity (Wildman–Crippen MR) is 59.3 cm³/mol. The van der Waals surface area contributed by atoms with Gasteiger partial charge in [0.15, 0.2) is 0 Å². The van der Waals surface area contributed by atoms with E-state index in [0.717, 1.165) is 5.56 Å². The maximum Gasteiger partial charge on any atom is 0.349 e. The molecule has 4 nitrogen and oxygen atoms in total. The summed E-state index contributed by atoms with van der Waals surface area (Å²) in [4.78, 5) is 11.0. The van der Waals surface area contributed by atoms with Gasteiger partial charge >= 0.3 is 16.1 Å². The molecule has 0 N–H and O–H groups in total. The normalized spacial score (nSPS) is 10.9. The van der Waals surface area contributed by atoms with Crippen LogP contribution >= 0.6 is 0 Å². The molecule has 0 saturated heterocycles. The van der Waals surface area contributed by atoms with Gasteiger partial charge in [0.05, 0.1) is 0 Å². The van der Waals surface area contributed by atoms with Crippen molar-refractivity contribution >= 4 is 16.1 Å². The van der Waals surface area contributed by atoms with Crippen LogP contribution in [0, 0.1) is 6.92 Å². The van der Waals surface area contributed by atoms with E-state index in [1.807, 2.05) is 6.92 Å². The van der Waals surface area contributed by atoms with Crippen LogP contribution in [0.25, 0.3) is 0 Å². The molecule has 16 heavy (non-hydrogen) atoms. The van der Waals surface area contributed by atoms with E-state index in [-0.39, 0.29) is 10.5 Å². The van der Waals surface area contributed by atoms with E-state index in [9.17, 15) is 13.2 Å². The van der Waals surface area contributed by atoms with Gasteiger partial charge in [-0.15, -0.1) is 0 Å². The Morgan fingerprint density at radius 2 is 1.75 bits per heavy atom. The molecule has 0 aromatic heterocycles. The molecular formula is C11H12O4S. The monoisotopic (exact) mass is 240 g/mol. The van der Waals surface area contributed by atoms with E-state index in [4.69, 9.17) is 0 Å². The molecule has 0 heterocycles. The minimum Gasteiger partial charge on any atom is -0.338 e. The quantitative estimate of drug-likeness (QED) is 0.597. The van der Waals surface area contributed by atoms with Crippen molar-refractivity contribution in [1.29, 1.82) is 0 Å². The molecule has 0 spiro atoms. The molecule has 0 amide bonds. The Bertz CT molecular complexity index is 511. The summed E-state index contributed by atoms with van der Waals surface area (Å²) in [6.07, 6.45) is 0. The third-order valence-electron chi connectivity index (χ3n) is 1.84. The third-order valence-corrected chi connectivity index (χ3v) is 3.06. The van der Waals surface area contributed by atoms with Crippen LogP contribution in [0.15, 0.2) is 41.3 Å². The van der Waals surface area contributed by atoms with Crippen LogP contribution in [0.2, 0.25) is 0 Å². The van der Waals surface area contributed by atoms with Crippen molar-refractivity contribution < 1.29 is 17.4 Å². The zero-order chi connectivity index (χ0) is 12.3. The first-order chi connectivity index (χ1) is 7.33. The summed E-state index contributed by atoms with van der Waals surface area (Å²) in [5, 5.41) is 0. The molecule has 0 saturated carbocycles. The predicted octanol–water partition coefficient (Wildman–Crippen LogP) is 1.80. The molecule has 0 atom stereocenters. The number of hydrogen-bond acceptors (Lipinski definition) is 4. The smallest absolute Gasteiger partial charge is 0.338 e. The fraction of sp³-hybridized carbons (Fsp3) is 0.182. The third kappa shape index (κ3) is 2.93. The number of carbonyl (C=O) groups is 1. The first-order valence-electron chi connectivity index (χ1n) is 4.54. The van der Waals surface area contributed by atoms with Crippen LogP contribution in [0.4, 0.5) is 0 Å². The summed E-state index contributed by atoms with van der Waals surface area (Å²) in [5.74, 6) is -0.944. The lowest BCUT2D eigenvalue weighted by Crippen LogP contribution is -2.13. The largest absolute Gasteiger partial charge is 0.349 e. The minimum atomic E-state index is -4.03. The second-order valence-electron chi connectivity index (χ2n) is 3.42. The van der Waals surface area contributed by atoms with Gasteiger partial charge < -0.3 is 4.18 Å². The van der Waals surface area contributed by atoms with Crippen molar-refractivity contribution in [3.63, 3.8) is 0 Å². The maximum atomic E-state index is 11.6. The molecule has 86 valence electrons. The van der Waals surface area contributed by atoms with Crippen molar-refractivity contribution in [2.75, 3.05) is 0 Å². The van der Waals surface area contributed by atoms with Crippen LogP contribution in [-0.2, 0) is 19.1 Å². The molecule has 1 rings (SSSR count). The SMILES string of the molecule is C=C(C)C(=O)OS(=O)(=O)c1ccc(C)cc1. The van der Waals surface area contributed by atoms with Gasteiger partial charge in [0.2, 0.25) is 0 Å². The maximum absolute atomic E-state index is 11.6. The van der Waals surface area contributed by atoms with E-state index in [2.05, 4.69) is 10.8 Å². The number of hydrogen-bond donors (Lipinski definition) is 0. The minimum absolute atomic E-state index is 0.0377. The molecule has 0 fully saturated rings. The molecule has 0 bridgehead atoms. The standard InChI is InChI=1S/C11H12O4S/c1-8(2)11(12)15-16(13,14)10-6-4-9(3)5-7-10/h4-7H,1H2,2-3H3. The van der Waals surface area contributed by atoms with Gasteiger partial charge in [-0.3, -0.25) is 0 Å². The summed E-state index contributed by atoms with van der Waals surface area (Å²) in [7, 11) is -4.03. The fourth-order valence-corrected chi connectivity index (χ4v) is 1.83. The fourth-order valence-electron chi connectivity index (χ4n) is 0.924. The Morgan fingerprint density at radius 1 is 1.25 bits per heavy atom. The topological polar surface area (TPSA) is 60.4 Å². The number of aryl methyl sites for hydroxylation is 1. The van der Waals surface area contributed by atoms with E-state index < -0.39 is 16.1 Å². The first-order valence-corrected chi connectivity index (χ1v) is 5.95. The van der Waals surface area contributed by atoms with E-state index in [0.29, 0.717) is 0 Å². The Hall–Kier alpha value is -1.62. The van der Waals surface area contributed by atoms with Gasteiger partial charge in [-0.1, -0.05) is 24.3 Å². The van der Waals surface area contributed by atoms with Gasteiger partial charge in [-0.05, 0) is 26.0 Å². The van der Waals surface area contributed by atoms with Gasteiger partial charge in [0.25, 0.3) is 0 Å². The van der Waals surface area contributed by atoms with E-state index in [1.54, 1.807) is 12.1 Å². The molecule has 1 aromatic rings. The Balaban J connectivity index is 2.99. The van der Waals surface area contributed by atoms with Crippen LogP contribution < -0.4 is 0 Å². The second-order valence-corrected chi connectivity index (χ2v) is 4.96. The van der Waals surface area contributed by atoms with Gasteiger partial charge in [0, 0.05) is 5.57 Å². The summed E-state index contributed by atoms with van der Waals surface area (Å²) in [6.45, 7) is 6.52. The van der Waals surface area contributed by atoms with Crippen LogP contribution in [0.5, 0.6) is 0 Å². The highest BCUT2D eigenvalue weighted by Gasteiger charge is 2.19. The Labute approximate surface area is 94.7 Å². The number of carbonyl (C=O) groups excluding carboxylic acids is 1. The van der Waals surface area contributed by atoms with Crippen molar-refractivity contribution in [1.82, 2.24) is 0 Å². The molecule has 0 aliphatic carbocycles. The van der Waals surface area contributed by atoms with Crippen LogP contribution in [0.1, 0.15) is 12.5 Å². The zero-order valence-electron chi connectivity index (χ0n) is 9.06. The molecule has 0 radical (unpaired) electrons. The Morgan fingerprint density at radius 3 is 2.19 bits per heavy atom. The molecule has 5 heteroatoms. The summed E-state index contributed by atoms with van der Waals surface area (Å²) in [6, 6.07) is 6.02. The first kappa shape index (κ1) is 12.4. The van der Waals surface area contributed by atoms with Gasteiger partial charge in [-0.25, -0.2) is 4.79 Å². The average Bonchev–Trinajstić information content (AvgIpc) is 2.17. The average molecular weight is 240 g/mol. The van der Waals surface area contributed by atoms with Gasteiger partial charge in [-0.2, -0.15) is 8.42 Å². The Kier molecular flexibility index (Phi) is 3.49. The molecular weight excluding hydrogens is 228 g/mol. The zero-order valence-corrected chi connectivity index (χ0v) is 9.87. The van der Waals surface area contributed by atoms with Gasteiger partial charge in [0.1, 0.15) is 4.90 Å². The lowest BCUT2D eigenvalue weighted by atomic mass is 10.2. The highest BCUT2D eigenvalue weighted by Crippen LogP contribution is 2.14. The molecule has 0 aliphatic heterocycles. The van der Waals surface area contributed by atoms with Crippen molar-refractivity contribution in [2.24, 2.45) is 0 Å². The molecule has 0 aliphatic rings. The lowest BCUT2D eigenvalue weighted by molar-refractivity contribution is -0.129. The van der Waals surface area contributed by atoms with E-state index >= 15 is 0 Å². The van der Waals surface area contributed by atoms with Crippen molar-refractivity contribution in [3.05, 3.63) is 42.0 Å². The highest BCUT2D eigenvalue weighted by atomic mass is 32.2. The molecule has 1 aromatic carbocycles.